The number of primary amides is 1. The van der Waals surface area contributed by atoms with E-state index in [2.05, 4.69) is 5.32 Å². The Kier molecular flexibility index (Phi) is 5.72. The van der Waals surface area contributed by atoms with Crippen LogP contribution >= 0.6 is 0 Å². The molecule has 9 heteroatoms. The third kappa shape index (κ3) is 4.19. The van der Waals surface area contributed by atoms with Crippen molar-refractivity contribution < 1.29 is 28.7 Å². The molecule has 1 aromatic carbocycles. The number of carbonyl (C=O) groups excluding carboxylic acids is 5. The van der Waals surface area contributed by atoms with Crippen LogP contribution < -0.4 is 11.1 Å². The quantitative estimate of drug-likeness (QED) is 0.537. The molecule has 2 aliphatic rings. The van der Waals surface area contributed by atoms with E-state index in [1.807, 2.05) is 0 Å². The molecule has 1 aliphatic heterocycles. The number of nitrogens with two attached hydrogens (primary N) is 1. The van der Waals surface area contributed by atoms with E-state index in [0.29, 0.717) is 24.1 Å². The van der Waals surface area contributed by atoms with E-state index in [-0.39, 0.29) is 23.7 Å². The lowest BCUT2D eigenvalue weighted by molar-refractivity contribution is -0.154. The van der Waals surface area contributed by atoms with Crippen molar-refractivity contribution in [2.75, 3.05) is 18.5 Å². The van der Waals surface area contributed by atoms with Gasteiger partial charge in [-0.15, -0.1) is 0 Å². The van der Waals surface area contributed by atoms with Gasteiger partial charge in [0, 0.05) is 11.3 Å². The van der Waals surface area contributed by atoms with Crippen molar-refractivity contribution in [3.8, 4) is 0 Å². The Morgan fingerprint density at radius 1 is 1.04 bits per heavy atom. The lowest BCUT2D eigenvalue weighted by Crippen LogP contribution is -2.37. The maximum absolute atomic E-state index is 12.3. The van der Waals surface area contributed by atoms with Crippen molar-refractivity contribution in [2.45, 2.75) is 25.7 Å². The highest BCUT2D eigenvalue weighted by molar-refractivity contribution is 6.07. The summed E-state index contributed by atoms with van der Waals surface area (Å²) < 4.78 is 4.88. The van der Waals surface area contributed by atoms with Gasteiger partial charge in [0.2, 0.25) is 17.7 Å². The van der Waals surface area contributed by atoms with Crippen LogP contribution in [0.25, 0.3) is 0 Å². The first-order valence-corrected chi connectivity index (χ1v) is 9.07. The number of hydrogen-bond donors (Lipinski definition) is 2. The van der Waals surface area contributed by atoms with E-state index in [4.69, 9.17) is 10.5 Å². The molecule has 2 fully saturated rings. The lowest BCUT2D eigenvalue weighted by atomic mass is 9.81. The van der Waals surface area contributed by atoms with Crippen LogP contribution in [0, 0.1) is 11.8 Å². The predicted octanol–water partition coefficient (Wildman–Crippen LogP) is 0.442. The maximum Gasteiger partial charge on any atom is 0.326 e. The van der Waals surface area contributed by atoms with Gasteiger partial charge < -0.3 is 15.8 Å². The minimum atomic E-state index is -0.820. The zero-order chi connectivity index (χ0) is 20.3. The number of nitrogens with one attached hydrogen (secondary N) is 1. The molecule has 28 heavy (non-hydrogen) atoms. The van der Waals surface area contributed by atoms with Crippen LogP contribution in [0.4, 0.5) is 5.69 Å². The first kappa shape index (κ1) is 19.5. The fourth-order valence-corrected chi connectivity index (χ4v) is 3.62. The number of hydrogen-bond acceptors (Lipinski definition) is 6. The van der Waals surface area contributed by atoms with Crippen LogP contribution in [0.3, 0.4) is 0 Å². The number of anilines is 1. The second-order valence-electron chi connectivity index (χ2n) is 6.91. The van der Waals surface area contributed by atoms with Crippen molar-refractivity contribution in [2.24, 2.45) is 17.6 Å². The number of esters is 1. The molecule has 1 heterocycles. The number of ether oxygens (including phenoxy) is 1. The smallest absolute Gasteiger partial charge is 0.326 e. The van der Waals surface area contributed by atoms with Crippen LogP contribution in [0.15, 0.2) is 24.3 Å². The summed E-state index contributed by atoms with van der Waals surface area (Å²) in [5.74, 6) is -3.32. The summed E-state index contributed by atoms with van der Waals surface area (Å²) in [6, 6.07) is 5.88. The Hall–Kier alpha value is -3.23. The maximum atomic E-state index is 12.3. The molecule has 1 aromatic rings. The molecule has 0 radical (unpaired) electrons. The molecular weight excluding hydrogens is 366 g/mol. The number of benzene rings is 1. The standard InChI is InChI=1S/C19H21N3O6/c20-17(25)11-5-7-12(8-6-11)21-15(23)10-28-16(24)9-22-18(26)13-3-1-2-4-14(13)19(22)27/h5-8,13-14H,1-4,9-10H2,(H2,20,25)(H,21,23)/t13-,14+. The Bertz CT molecular complexity index is 795. The molecule has 4 amide bonds. The average Bonchev–Trinajstić information content (AvgIpc) is 2.92. The molecule has 1 saturated carbocycles. The van der Waals surface area contributed by atoms with Crippen LogP contribution in [0.2, 0.25) is 0 Å². The third-order valence-corrected chi connectivity index (χ3v) is 5.04. The summed E-state index contributed by atoms with van der Waals surface area (Å²) in [4.78, 5) is 60.5. The predicted molar refractivity (Wildman–Crippen MR) is 96.7 cm³/mol. The Morgan fingerprint density at radius 2 is 1.61 bits per heavy atom. The first-order valence-electron chi connectivity index (χ1n) is 9.07. The molecule has 0 aromatic heterocycles. The Labute approximate surface area is 161 Å². The van der Waals surface area contributed by atoms with Crippen molar-refractivity contribution in [1.29, 1.82) is 0 Å². The van der Waals surface area contributed by atoms with Crippen LogP contribution in [0.5, 0.6) is 0 Å². The van der Waals surface area contributed by atoms with Gasteiger partial charge in [-0.25, -0.2) is 0 Å². The second-order valence-corrected chi connectivity index (χ2v) is 6.91. The number of amides is 4. The molecule has 148 valence electrons. The van der Waals surface area contributed by atoms with Gasteiger partial charge in [0.15, 0.2) is 6.61 Å². The van der Waals surface area contributed by atoms with Crippen LogP contribution in [-0.4, -0.2) is 47.6 Å². The molecule has 3 N–H and O–H groups in total. The van der Waals surface area contributed by atoms with Gasteiger partial charge in [0.25, 0.3) is 5.91 Å². The number of rotatable bonds is 6. The summed E-state index contributed by atoms with van der Waals surface area (Å²) in [6.07, 6.45) is 3.13. The molecule has 9 nitrogen and oxygen atoms in total. The summed E-state index contributed by atoms with van der Waals surface area (Å²) in [6.45, 7) is -1.04. The molecule has 3 rings (SSSR count). The van der Waals surface area contributed by atoms with Crippen molar-refractivity contribution in [1.82, 2.24) is 4.90 Å². The van der Waals surface area contributed by atoms with Crippen molar-refractivity contribution in [3.63, 3.8) is 0 Å². The second kappa shape index (κ2) is 8.20. The van der Waals surface area contributed by atoms with Gasteiger partial charge >= 0.3 is 5.97 Å². The van der Waals surface area contributed by atoms with Crippen molar-refractivity contribution >= 4 is 35.3 Å². The zero-order valence-electron chi connectivity index (χ0n) is 15.2. The average molecular weight is 387 g/mol. The number of imide groups is 1. The summed E-state index contributed by atoms with van der Waals surface area (Å²) in [7, 11) is 0. The molecular formula is C19H21N3O6. The van der Waals surface area contributed by atoms with E-state index in [1.165, 1.54) is 24.3 Å². The number of fused-ring (bicyclic) bond motifs is 1. The first-order chi connectivity index (χ1) is 13.4. The summed E-state index contributed by atoms with van der Waals surface area (Å²) >= 11 is 0. The highest BCUT2D eigenvalue weighted by Gasteiger charge is 2.48. The molecule has 1 aliphatic carbocycles. The molecule has 0 bridgehead atoms. The Balaban J connectivity index is 1.47. The largest absolute Gasteiger partial charge is 0.454 e. The lowest BCUT2D eigenvalue weighted by Gasteiger charge is -2.19. The zero-order valence-corrected chi connectivity index (χ0v) is 15.2. The van der Waals surface area contributed by atoms with Gasteiger partial charge in [0.1, 0.15) is 6.54 Å². The topological polar surface area (TPSA) is 136 Å². The summed E-state index contributed by atoms with van der Waals surface area (Å²) in [5, 5.41) is 2.50. The summed E-state index contributed by atoms with van der Waals surface area (Å²) in [5.41, 5.74) is 5.83. The van der Waals surface area contributed by atoms with Gasteiger partial charge in [-0.2, -0.15) is 0 Å². The van der Waals surface area contributed by atoms with E-state index >= 15 is 0 Å². The minimum absolute atomic E-state index is 0.296. The Morgan fingerprint density at radius 3 is 2.14 bits per heavy atom. The van der Waals surface area contributed by atoms with E-state index in [9.17, 15) is 24.0 Å². The molecule has 1 saturated heterocycles. The molecule has 0 spiro atoms. The fraction of sp³-hybridized carbons (Fsp3) is 0.421. The number of nitrogens with zero attached hydrogens (tertiary/aromatic N) is 1. The molecule has 2 atom stereocenters. The van der Waals surface area contributed by atoms with E-state index in [1.54, 1.807) is 0 Å². The third-order valence-electron chi connectivity index (χ3n) is 5.04. The van der Waals surface area contributed by atoms with Gasteiger partial charge in [0.05, 0.1) is 11.8 Å². The number of likely N-dealkylation sites (tertiary alicyclic amines) is 1. The normalized spacial score (nSPS) is 21.2. The molecule has 0 unspecified atom stereocenters. The highest BCUT2D eigenvalue weighted by atomic mass is 16.5. The monoisotopic (exact) mass is 387 g/mol. The number of carbonyl (C=O) groups is 5. The fourth-order valence-electron chi connectivity index (χ4n) is 3.62. The van der Waals surface area contributed by atoms with Gasteiger partial charge in [-0.1, -0.05) is 12.8 Å². The van der Waals surface area contributed by atoms with Crippen LogP contribution in [0.1, 0.15) is 36.0 Å². The van der Waals surface area contributed by atoms with E-state index < -0.39 is 30.9 Å². The van der Waals surface area contributed by atoms with Crippen molar-refractivity contribution in [3.05, 3.63) is 29.8 Å². The van der Waals surface area contributed by atoms with E-state index in [0.717, 1.165) is 17.7 Å². The highest BCUT2D eigenvalue weighted by Crippen LogP contribution is 2.37. The SMILES string of the molecule is NC(=O)c1ccc(NC(=O)COC(=O)CN2C(=O)[C@H]3CCCC[C@H]3C2=O)cc1. The van der Waals surface area contributed by atoms with Gasteiger partial charge in [-0.05, 0) is 37.1 Å². The van der Waals surface area contributed by atoms with Gasteiger partial charge in [-0.3, -0.25) is 28.9 Å². The van der Waals surface area contributed by atoms with Crippen LogP contribution in [-0.2, 0) is 23.9 Å². The minimum Gasteiger partial charge on any atom is -0.454 e.